The molecule has 6 heteroatoms. The van der Waals surface area contributed by atoms with E-state index < -0.39 is 5.97 Å². The fourth-order valence-electron chi connectivity index (χ4n) is 4.27. The number of phenols is 1. The number of carbonyl (C=O) groups is 3. The molecule has 0 unspecified atom stereocenters. The zero-order valence-electron chi connectivity index (χ0n) is 16.6. The lowest BCUT2D eigenvalue weighted by Gasteiger charge is -2.17. The molecule has 0 amide bonds. The fourth-order valence-corrected chi connectivity index (χ4v) is 4.27. The number of aromatic hydroxyl groups is 1. The van der Waals surface area contributed by atoms with Crippen LogP contribution in [0.4, 0.5) is 0 Å². The van der Waals surface area contributed by atoms with E-state index in [0.29, 0.717) is 17.6 Å². The second kappa shape index (κ2) is 6.95. The monoisotopic (exact) mass is 411 g/mol. The maximum atomic E-state index is 13.5. The van der Waals surface area contributed by atoms with Crippen molar-refractivity contribution in [1.29, 1.82) is 0 Å². The first-order valence-electron chi connectivity index (χ1n) is 9.71. The summed E-state index contributed by atoms with van der Waals surface area (Å²) in [5.74, 6) is -1.75. The first-order chi connectivity index (χ1) is 15.0. The van der Waals surface area contributed by atoms with Gasteiger partial charge in [-0.3, -0.25) is 9.59 Å². The van der Waals surface area contributed by atoms with Gasteiger partial charge < -0.3 is 14.4 Å². The molecular formula is C25H17NO5. The Balaban J connectivity index is 1.91. The highest BCUT2D eigenvalue weighted by Gasteiger charge is 2.37. The Morgan fingerprint density at radius 2 is 1.55 bits per heavy atom. The highest BCUT2D eigenvalue weighted by atomic mass is 16.5. The van der Waals surface area contributed by atoms with E-state index in [2.05, 4.69) is 0 Å². The number of fused-ring (bicyclic) bond motifs is 4. The summed E-state index contributed by atoms with van der Waals surface area (Å²) < 4.78 is 6.61. The maximum Gasteiger partial charge on any atom is 0.342 e. The third kappa shape index (κ3) is 2.69. The summed E-state index contributed by atoms with van der Waals surface area (Å²) in [7, 11) is 1.20. The van der Waals surface area contributed by atoms with Crippen LogP contribution < -0.4 is 0 Å². The van der Waals surface area contributed by atoms with Crippen LogP contribution in [0.1, 0.15) is 47.9 Å². The fraction of sp³-hybridized carbons (Fsp3) is 0.0800. The van der Waals surface area contributed by atoms with Crippen LogP contribution in [0.15, 0.2) is 66.7 Å². The van der Waals surface area contributed by atoms with Gasteiger partial charge >= 0.3 is 5.97 Å². The van der Waals surface area contributed by atoms with E-state index in [9.17, 15) is 19.5 Å². The summed E-state index contributed by atoms with van der Waals surface area (Å²) in [6.07, 6.45) is 0. The van der Waals surface area contributed by atoms with E-state index in [1.807, 2.05) is 30.3 Å². The number of hydrogen-bond donors (Lipinski definition) is 1. The minimum absolute atomic E-state index is 0.117. The van der Waals surface area contributed by atoms with Crippen LogP contribution in [0, 0.1) is 0 Å². The standard InChI is InChI=1S/C25H17NO5/c1-31-25(30)20-18(27)12-11-17-19(20)21-22(26(17)13-14-7-3-2-4-8-14)24(29)16-10-6-5-9-15(16)23(21)28/h2-12,27H,13H2,1H3. The van der Waals surface area contributed by atoms with E-state index in [-0.39, 0.29) is 45.1 Å². The molecule has 0 atom stereocenters. The van der Waals surface area contributed by atoms with Crippen molar-refractivity contribution in [3.05, 3.63) is 100 Å². The molecule has 0 bridgehead atoms. The summed E-state index contributed by atoms with van der Waals surface area (Å²) >= 11 is 0. The van der Waals surface area contributed by atoms with Crippen LogP contribution in [0.25, 0.3) is 10.9 Å². The van der Waals surface area contributed by atoms with Gasteiger partial charge in [0.25, 0.3) is 0 Å². The molecule has 3 aromatic carbocycles. The first kappa shape index (κ1) is 18.8. The summed E-state index contributed by atoms with van der Waals surface area (Å²) in [5.41, 5.74) is 2.22. The normalized spacial score (nSPS) is 12.5. The molecule has 1 N–H and O–H groups in total. The summed E-state index contributed by atoms with van der Waals surface area (Å²) in [6.45, 7) is 0.319. The van der Waals surface area contributed by atoms with Gasteiger partial charge in [0.05, 0.1) is 18.2 Å². The first-order valence-corrected chi connectivity index (χ1v) is 9.71. The Kier molecular flexibility index (Phi) is 4.22. The minimum atomic E-state index is -0.776. The van der Waals surface area contributed by atoms with Crippen molar-refractivity contribution in [1.82, 2.24) is 4.57 Å². The number of aromatic nitrogens is 1. The van der Waals surface area contributed by atoms with Crippen LogP contribution in [-0.2, 0) is 11.3 Å². The van der Waals surface area contributed by atoms with Crippen molar-refractivity contribution in [2.75, 3.05) is 7.11 Å². The number of hydrogen-bond acceptors (Lipinski definition) is 5. The molecule has 4 aromatic rings. The van der Waals surface area contributed by atoms with E-state index in [1.54, 1.807) is 34.9 Å². The molecule has 1 aliphatic rings. The molecule has 1 aliphatic carbocycles. The van der Waals surface area contributed by atoms with Crippen molar-refractivity contribution in [2.45, 2.75) is 6.54 Å². The van der Waals surface area contributed by atoms with Crippen molar-refractivity contribution in [2.24, 2.45) is 0 Å². The van der Waals surface area contributed by atoms with Gasteiger partial charge in [0, 0.05) is 23.1 Å². The third-order valence-electron chi connectivity index (χ3n) is 5.64. The zero-order valence-corrected chi connectivity index (χ0v) is 16.6. The van der Waals surface area contributed by atoms with Crippen LogP contribution in [-0.4, -0.2) is 34.3 Å². The number of esters is 1. The lowest BCUT2D eigenvalue weighted by molar-refractivity contribution is 0.0599. The van der Waals surface area contributed by atoms with Crippen molar-refractivity contribution in [3.8, 4) is 5.75 Å². The van der Waals surface area contributed by atoms with Gasteiger partial charge in [-0.1, -0.05) is 54.6 Å². The number of methoxy groups -OCH3 is 1. The molecule has 1 aromatic heterocycles. The quantitative estimate of drug-likeness (QED) is 0.454. The number of nitrogens with zero attached hydrogens (tertiary/aromatic N) is 1. The average Bonchev–Trinajstić information content (AvgIpc) is 3.12. The van der Waals surface area contributed by atoms with Crippen LogP contribution in [0.5, 0.6) is 5.75 Å². The van der Waals surface area contributed by atoms with Crippen LogP contribution in [0.3, 0.4) is 0 Å². The second-order valence-corrected chi connectivity index (χ2v) is 7.34. The number of phenolic OH excluding ortho intramolecular Hbond substituents is 1. The van der Waals surface area contributed by atoms with Gasteiger partial charge in [-0.25, -0.2) is 4.79 Å². The Labute approximate surface area is 177 Å². The lowest BCUT2D eigenvalue weighted by atomic mass is 9.86. The number of rotatable bonds is 3. The van der Waals surface area contributed by atoms with Gasteiger partial charge in [-0.05, 0) is 17.7 Å². The molecule has 0 spiro atoms. The molecule has 0 aliphatic heterocycles. The smallest absolute Gasteiger partial charge is 0.342 e. The van der Waals surface area contributed by atoms with E-state index >= 15 is 0 Å². The van der Waals surface area contributed by atoms with Crippen molar-refractivity contribution >= 4 is 28.4 Å². The molecule has 6 nitrogen and oxygen atoms in total. The number of ether oxygens (including phenoxy) is 1. The van der Waals surface area contributed by atoms with Crippen molar-refractivity contribution < 1.29 is 24.2 Å². The van der Waals surface area contributed by atoms with Gasteiger partial charge in [-0.2, -0.15) is 0 Å². The molecule has 0 fully saturated rings. The molecular weight excluding hydrogens is 394 g/mol. The van der Waals surface area contributed by atoms with E-state index in [0.717, 1.165) is 5.56 Å². The molecule has 31 heavy (non-hydrogen) atoms. The molecule has 0 saturated carbocycles. The van der Waals surface area contributed by atoms with E-state index in [4.69, 9.17) is 4.74 Å². The SMILES string of the molecule is COC(=O)c1c(O)ccc2c1c1c(n2Cc2ccccc2)C(=O)c2ccccc2C1=O. The van der Waals surface area contributed by atoms with Crippen LogP contribution in [0.2, 0.25) is 0 Å². The van der Waals surface area contributed by atoms with E-state index in [1.165, 1.54) is 13.2 Å². The van der Waals surface area contributed by atoms with Gasteiger partial charge in [0.2, 0.25) is 5.78 Å². The van der Waals surface area contributed by atoms with Crippen molar-refractivity contribution in [3.63, 3.8) is 0 Å². The Morgan fingerprint density at radius 3 is 2.23 bits per heavy atom. The molecule has 152 valence electrons. The third-order valence-corrected chi connectivity index (χ3v) is 5.64. The van der Waals surface area contributed by atoms with Crippen LogP contribution >= 0.6 is 0 Å². The topological polar surface area (TPSA) is 85.6 Å². The van der Waals surface area contributed by atoms with Gasteiger partial charge in [0.1, 0.15) is 17.0 Å². The largest absolute Gasteiger partial charge is 0.507 e. The highest BCUT2D eigenvalue weighted by molar-refractivity contribution is 6.33. The Bertz CT molecular complexity index is 1400. The predicted molar refractivity (Wildman–Crippen MR) is 114 cm³/mol. The Morgan fingerprint density at radius 1 is 0.903 bits per heavy atom. The Hall–Kier alpha value is -4.19. The molecule has 1 heterocycles. The average molecular weight is 411 g/mol. The lowest BCUT2D eigenvalue weighted by Crippen LogP contribution is -2.23. The summed E-state index contributed by atoms with van der Waals surface area (Å²) in [5, 5.41) is 10.7. The maximum absolute atomic E-state index is 13.5. The predicted octanol–water partition coefficient (Wildman–Crippen LogP) is 3.96. The second-order valence-electron chi connectivity index (χ2n) is 7.34. The molecule has 0 saturated heterocycles. The zero-order chi connectivity index (χ0) is 21.7. The minimum Gasteiger partial charge on any atom is -0.507 e. The number of ketones is 2. The highest BCUT2D eigenvalue weighted by Crippen LogP contribution is 2.40. The summed E-state index contributed by atoms with van der Waals surface area (Å²) in [6, 6.07) is 19.1. The number of benzene rings is 3. The molecule has 0 radical (unpaired) electrons. The van der Waals surface area contributed by atoms with Gasteiger partial charge in [0.15, 0.2) is 5.78 Å². The number of carbonyl (C=O) groups excluding carboxylic acids is 3. The summed E-state index contributed by atoms with van der Waals surface area (Å²) in [4.78, 5) is 39.6. The molecule has 5 rings (SSSR count). The van der Waals surface area contributed by atoms with Gasteiger partial charge in [-0.15, -0.1) is 0 Å².